The van der Waals surface area contributed by atoms with Crippen molar-refractivity contribution in [1.29, 1.82) is 0 Å². The quantitative estimate of drug-likeness (QED) is 0.740. The smallest absolute Gasteiger partial charge is 0.272 e. The topological polar surface area (TPSA) is 79.4 Å². The van der Waals surface area contributed by atoms with Crippen molar-refractivity contribution in [2.75, 3.05) is 0 Å². The summed E-state index contributed by atoms with van der Waals surface area (Å²) in [6.45, 7) is 0. The van der Waals surface area contributed by atoms with E-state index in [1.165, 1.54) is 11.3 Å². The predicted molar refractivity (Wildman–Crippen MR) is 66.4 cm³/mol. The molecule has 0 bridgehead atoms. The summed E-state index contributed by atoms with van der Waals surface area (Å²) in [5, 5.41) is 24.5. The number of hydrogen-bond acceptors (Lipinski definition) is 6. The summed E-state index contributed by atoms with van der Waals surface area (Å²) in [6.07, 6.45) is 0. The fourth-order valence-electron chi connectivity index (χ4n) is 1.54. The number of benzene rings is 1. The van der Waals surface area contributed by atoms with Gasteiger partial charge >= 0.3 is 0 Å². The molecule has 90 valence electrons. The highest BCUT2D eigenvalue weighted by Crippen LogP contribution is 2.34. The summed E-state index contributed by atoms with van der Waals surface area (Å²) in [7, 11) is 0. The Labute approximate surface area is 106 Å². The molecule has 0 unspecified atom stereocenters. The lowest BCUT2D eigenvalue weighted by Gasteiger charge is -1.94. The Morgan fingerprint density at radius 2 is 2.06 bits per heavy atom. The van der Waals surface area contributed by atoms with E-state index in [1.54, 1.807) is 35.7 Å². The standard InChI is InChI=1S/C12H8N2O3S/c15-8-3-1-2-7(6-8)11-13-12(17-14-11)10-9(16)4-5-18-10/h1-6,15-16H. The second-order valence-electron chi connectivity index (χ2n) is 3.61. The van der Waals surface area contributed by atoms with Gasteiger partial charge in [-0.25, -0.2) is 0 Å². The fourth-order valence-corrected chi connectivity index (χ4v) is 2.25. The van der Waals surface area contributed by atoms with E-state index in [2.05, 4.69) is 10.1 Å². The van der Waals surface area contributed by atoms with Gasteiger partial charge in [0, 0.05) is 5.56 Å². The lowest BCUT2D eigenvalue weighted by Crippen LogP contribution is -1.80. The molecular formula is C12H8N2O3S. The van der Waals surface area contributed by atoms with Crippen LogP contribution in [0.1, 0.15) is 0 Å². The van der Waals surface area contributed by atoms with Crippen molar-refractivity contribution < 1.29 is 14.7 Å². The zero-order valence-corrected chi connectivity index (χ0v) is 9.89. The first-order valence-electron chi connectivity index (χ1n) is 5.14. The molecule has 2 aromatic heterocycles. The third-order valence-electron chi connectivity index (χ3n) is 2.37. The van der Waals surface area contributed by atoms with Gasteiger partial charge in [0.05, 0.1) is 0 Å². The Bertz CT molecular complexity index is 690. The van der Waals surface area contributed by atoms with Gasteiger partial charge in [-0.3, -0.25) is 0 Å². The van der Waals surface area contributed by atoms with Crippen molar-refractivity contribution in [1.82, 2.24) is 10.1 Å². The zero-order valence-electron chi connectivity index (χ0n) is 9.07. The second-order valence-corrected chi connectivity index (χ2v) is 4.52. The number of phenolic OH excluding ortho intramolecular Hbond substituents is 1. The van der Waals surface area contributed by atoms with Crippen molar-refractivity contribution in [3.63, 3.8) is 0 Å². The predicted octanol–water partition coefficient (Wildman–Crippen LogP) is 2.88. The van der Waals surface area contributed by atoms with Crippen molar-refractivity contribution in [3.05, 3.63) is 35.7 Å². The number of rotatable bonds is 2. The number of aromatic hydroxyl groups is 2. The minimum atomic E-state index is 0.117. The Hall–Kier alpha value is -2.34. The van der Waals surface area contributed by atoms with Crippen molar-refractivity contribution in [2.45, 2.75) is 0 Å². The summed E-state index contributed by atoms with van der Waals surface area (Å²) in [6, 6.07) is 8.14. The van der Waals surface area contributed by atoms with Crippen LogP contribution in [0.25, 0.3) is 22.2 Å². The summed E-state index contributed by atoms with van der Waals surface area (Å²) in [5.41, 5.74) is 0.654. The molecule has 0 radical (unpaired) electrons. The third kappa shape index (κ3) is 1.82. The molecule has 0 aliphatic heterocycles. The molecule has 6 heteroatoms. The Morgan fingerprint density at radius 1 is 1.17 bits per heavy atom. The SMILES string of the molecule is Oc1cccc(-c2noc(-c3sccc3O)n2)c1. The summed E-state index contributed by atoms with van der Waals surface area (Å²) < 4.78 is 5.09. The van der Waals surface area contributed by atoms with Crippen molar-refractivity contribution >= 4 is 11.3 Å². The normalized spacial score (nSPS) is 10.7. The van der Waals surface area contributed by atoms with Crippen LogP contribution in [-0.4, -0.2) is 20.4 Å². The van der Waals surface area contributed by atoms with Crippen molar-refractivity contribution in [3.8, 4) is 33.7 Å². The van der Waals surface area contributed by atoms with E-state index >= 15 is 0 Å². The van der Waals surface area contributed by atoms with E-state index in [1.807, 2.05) is 0 Å². The monoisotopic (exact) mass is 260 g/mol. The van der Waals surface area contributed by atoms with Gasteiger partial charge in [-0.2, -0.15) is 4.98 Å². The first-order chi connectivity index (χ1) is 8.74. The molecular weight excluding hydrogens is 252 g/mol. The highest BCUT2D eigenvalue weighted by molar-refractivity contribution is 7.13. The van der Waals surface area contributed by atoms with Gasteiger partial charge in [0.1, 0.15) is 16.4 Å². The molecule has 0 amide bonds. The van der Waals surface area contributed by atoms with Gasteiger partial charge in [0.2, 0.25) is 5.82 Å². The average Bonchev–Trinajstić information content (AvgIpc) is 2.97. The molecule has 3 aromatic rings. The summed E-state index contributed by atoms with van der Waals surface area (Å²) in [5.74, 6) is 0.887. The number of nitrogens with zero attached hydrogens (tertiary/aromatic N) is 2. The van der Waals surface area contributed by atoms with Crippen LogP contribution < -0.4 is 0 Å². The van der Waals surface area contributed by atoms with E-state index < -0.39 is 0 Å². The molecule has 1 aromatic carbocycles. The van der Waals surface area contributed by atoms with Gasteiger partial charge in [0.25, 0.3) is 5.89 Å². The van der Waals surface area contributed by atoms with Crippen LogP contribution in [0.2, 0.25) is 0 Å². The minimum Gasteiger partial charge on any atom is -0.508 e. The highest BCUT2D eigenvalue weighted by atomic mass is 32.1. The Balaban J connectivity index is 2.02. The lowest BCUT2D eigenvalue weighted by atomic mass is 10.2. The van der Waals surface area contributed by atoms with Crippen LogP contribution in [0, 0.1) is 0 Å². The number of phenols is 1. The third-order valence-corrected chi connectivity index (χ3v) is 3.26. The van der Waals surface area contributed by atoms with E-state index in [0.717, 1.165) is 0 Å². The van der Waals surface area contributed by atoms with Gasteiger partial charge in [-0.05, 0) is 23.6 Å². The molecule has 0 aliphatic carbocycles. The lowest BCUT2D eigenvalue weighted by molar-refractivity contribution is 0.427. The Morgan fingerprint density at radius 3 is 2.78 bits per heavy atom. The highest BCUT2D eigenvalue weighted by Gasteiger charge is 2.15. The van der Waals surface area contributed by atoms with Gasteiger partial charge in [-0.15, -0.1) is 11.3 Å². The van der Waals surface area contributed by atoms with Crippen LogP contribution in [0.15, 0.2) is 40.2 Å². The molecule has 0 saturated carbocycles. The van der Waals surface area contributed by atoms with Crippen LogP contribution in [0.3, 0.4) is 0 Å². The maximum Gasteiger partial charge on any atom is 0.272 e. The molecule has 5 nitrogen and oxygen atoms in total. The van der Waals surface area contributed by atoms with Crippen molar-refractivity contribution in [2.24, 2.45) is 0 Å². The first kappa shape index (κ1) is 10.8. The van der Waals surface area contributed by atoms with E-state index in [0.29, 0.717) is 16.3 Å². The molecule has 2 heterocycles. The molecule has 0 fully saturated rings. The van der Waals surface area contributed by atoms with Gasteiger partial charge in [-0.1, -0.05) is 17.3 Å². The average molecular weight is 260 g/mol. The van der Waals surface area contributed by atoms with Crippen LogP contribution in [-0.2, 0) is 0 Å². The first-order valence-corrected chi connectivity index (χ1v) is 6.02. The van der Waals surface area contributed by atoms with Crippen LogP contribution in [0.4, 0.5) is 0 Å². The Kier molecular flexibility index (Phi) is 2.49. The van der Waals surface area contributed by atoms with Crippen LogP contribution in [0.5, 0.6) is 11.5 Å². The van der Waals surface area contributed by atoms with E-state index in [-0.39, 0.29) is 17.4 Å². The largest absolute Gasteiger partial charge is 0.508 e. The second kappa shape index (κ2) is 4.15. The molecule has 0 saturated heterocycles. The minimum absolute atomic E-state index is 0.117. The van der Waals surface area contributed by atoms with Gasteiger partial charge < -0.3 is 14.7 Å². The van der Waals surface area contributed by atoms with E-state index in [4.69, 9.17) is 4.52 Å². The molecule has 3 rings (SSSR count). The van der Waals surface area contributed by atoms with E-state index in [9.17, 15) is 10.2 Å². The number of aromatic nitrogens is 2. The summed E-state index contributed by atoms with van der Waals surface area (Å²) in [4.78, 5) is 4.72. The zero-order chi connectivity index (χ0) is 12.5. The molecule has 0 aliphatic rings. The summed E-state index contributed by atoms with van der Waals surface area (Å²) >= 11 is 1.32. The van der Waals surface area contributed by atoms with Crippen LogP contribution >= 0.6 is 11.3 Å². The fraction of sp³-hybridized carbons (Fsp3) is 0. The number of hydrogen-bond donors (Lipinski definition) is 2. The molecule has 0 spiro atoms. The van der Waals surface area contributed by atoms with Gasteiger partial charge in [0.15, 0.2) is 0 Å². The molecule has 2 N–H and O–H groups in total. The maximum absolute atomic E-state index is 9.57. The maximum atomic E-state index is 9.57. The number of thiophene rings is 1. The molecule has 18 heavy (non-hydrogen) atoms. The molecule has 0 atom stereocenters.